The molecule has 0 bridgehead atoms. The largest absolute Gasteiger partial charge is 0.392 e. The number of rotatable bonds is 11. The third-order valence-electron chi connectivity index (χ3n) is 6.56. The van der Waals surface area contributed by atoms with Gasteiger partial charge in [0.15, 0.2) is 0 Å². The summed E-state index contributed by atoms with van der Waals surface area (Å²) in [6.45, 7) is 4.57. The third-order valence-corrected chi connectivity index (χ3v) is 7.12. The summed E-state index contributed by atoms with van der Waals surface area (Å²) < 4.78 is 49.7. The van der Waals surface area contributed by atoms with Crippen LogP contribution in [0.4, 0.5) is 0 Å². The maximum absolute atomic E-state index is 11.3. The van der Waals surface area contributed by atoms with Crippen LogP contribution in [0.3, 0.4) is 0 Å². The average Bonchev–Trinajstić information content (AvgIpc) is 3.12. The molecule has 0 saturated heterocycles. The molecule has 0 aliphatic heterocycles. The zero-order valence-electron chi connectivity index (χ0n) is 18.1. The molecule has 6 atom stereocenters. The van der Waals surface area contributed by atoms with Crippen LogP contribution >= 0.6 is 0 Å². The second kappa shape index (κ2) is 10.7. The number of aliphatic hydroxyl groups is 1. The Kier molecular flexibility index (Phi) is 9.08. The lowest BCUT2D eigenvalue weighted by molar-refractivity contribution is -0.175. The van der Waals surface area contributed by atoms with Crippen LogP contribution in [0, 0.1) is 23.2 Å². The first-order valence-corrected chi connectivity index (χ1v) is 11.9. The van der Waals surface area contributed by atoms with E-state index in [1.807, 2.05) is 13.0 Å². The van der Waals surface area contributed by atoms with Crippen molar-refractivity contribution in [2.45, 2.75) is 45.3 Å². The molecular weight excluding hydrogens is 400 g/mol. The summed E-state index contributed by atoms with van der Waals surface area (Å²) in [6, 6.07) is 0. The van der Waals surface area contributed by atoms with Gasteiger partial charge in [-0.25, -0.2) is 0 Å². The Labute approximate surface area is 174 Å². The molecule has 0 heterocycles. The minimum Gasteiger partial charge on any atom is -0.392 e. The van der Waals surface area contributed by atoms with Gasteiger partial charge in [0.25, 0.3) is 10.1 Å². The van der Waals surface area contributed by atoms with Crippen molar-refractivity contribution in [3.8, 4) is 0 Å². The van der Waals surface area contributed by atoms with Crippen LogP contribution in [-0.2, 0) is 33.2 Å². The first-order chi connectivity index (χ1) is 13.7. The van der Waals surface area contributed by atoms with E-state index in [1.165, 1.54) is 0 Å². The molecule has 2 rings (SSSR count). The van der Waals surface area contributed by atoms with E-state index in [2.05, 4.69) is 6.92 Å². The van der Waals surface area contributed by atoms with E-state index in [-0.39, 0.29) is 56.3 Å². The highest BCUT2D eigenvalue weighted by Crippen LogP contribution is 2.57. The highest BCUT2D eigenvalue weighted by atomic mass is 32.2. The summed E-state index contributed by atoms with van der Waals surface area (Å²) in [4.78, 5) is 0. The molecule has 0 aromatic carbocycles. The summed E-state index contributed by atoms with van der Waals surface area (Å²) in [7, 11) is -0.309. The lowest BCUT2D eigenvalue weighted by atomic mass is 9.62. The van der Waals surface area contributed by atoms with Crippen LogP contribution in [0.2, 0.25) is 0 Å². The van der Waals surface area contributed by atoms with Crippen LogP contribution in [0.15, 0.2) is 11.6 Å². The molecule has 0 aromatic rings. The van der Waals surface area contributed by atoms with Crippen LogP contribution < -0.4 is 0 Å². The van der Waals surface area contributed by atoms with Crippen molar-refractivity contribution in [2.24, 2.45) is 23.2 Å². The minimum absolute atomic E-state index is 0.0465. The smallest absolute Gasteiger partial charge is 0.264 e. The lowest BCUT2D eigenvalue weighted by Gasteiger charge is -2.47. The van der Waals surface area contributed by atoms with Crippen molar-refractivity contribution in [1.29, 1.82) is 0 Å². The summed E-state index contributed by atoms with van der Waals surface area (Å²) >= 11 is 0. The molecule has 170 valence electrons. The maximum atomic E-state index is 11.3. The van der Waals surface area contributed by atoms with E-state index in [4.69, 9.17) is 23.1 Å². The van der Waals surface area contributed by atoms with Crippen molar-refractivity contribution in [2.75, 3.05) is 47.3 Å². The molecule has 2 aliphatic carbocycles. The van der Waals surface area contributed by atoms with Crippen LogP contribution in [-0.4, -0.2) is 73.0 Å². The Morgan fingerprint density at radius 2 is 1.90 bits per heavy atom. The zero-order valence-corrected chi connectivity index (χ0v) is 18.9. The Morgan fingerprint density at radius 1 is 1.24 bits per heavy atom. The topological polar surface area (TPSA) is 101 Å². The average molecular weight is 437 g/mol. The SMILES string of the molecule is COCO[C@@H]1[C@@H](C)[C@@]2(CC[C@@H](C(C)COS(C)(=O)=O)C2)C(CO)=C[C@H]1OCOC. The van der Waals surface area contributed by atoms with Gasteiger partial charge in [-0.2, -0.15) is 8.42 Å². The molecule has 1 N–H and O–H groups in total. The predicted molar refractivity (Wildman–Crippen MR) is 108 cm³/mol. The third kappa shape index (κ3) is 6.00. The van der Waals surface area contributed by atoms with E-state index in [9.17, 15) is 13.5 Å². The number of hydrogen-bond acceptors (Lipinski definition) is 8. The monoisotopic (exact) mass is 436 g/mol. The fourth-order valence-corrected chi connectivity index (χ4v) is 5.37. The molecule has 1 fully saturated rings. The summed E-state index contributed by atoms with van der Waals surface area (Å²) in [6.07, 6.45) is 5.16. The molecule has 1 saturated carbocycles. The minimum atomic E-state index is -3.46. The molecule has 1 unspecified atom stereocenters. The molecule has 8 nitrogen and oxygen atoms in total. The van der Waals surface area contributed by atoms with Gasteiger partial charge in [-0.05, 0) is 48.0 Å². The number of ether oxygens (including phenoxy) is 4. The molecule has 0 amide bonds. The van der Waals surface area contributed by atoms with Gasteiger partial charge in [0.2, 0.25) is 0 Å². The Hall–Kier alpha value is -0.550. The summed E-state index contributed by atoms with van der Waals surface area (Å²) in [5, 5.41) is 10.2. The fraction of sp³-hybridized carbons (Fsp3) is 0.900. The van der Waals surface area contributed by atoms with Crippen molar-refractivity contribution < 1.29 is 36.7 Å². The maximum Gasteiger partial charge on any atom is 0.264 e. The van der Waals surface area contributed by atoms with Gasteiger partial charge in [0, 0.05) is 14.2 Å². The van der Waals surface area contributed by atoms with Gasteiger partial charge in [-0.3, -0.25) is 4.18 Å². The number of methoxy groups -OCH3 is 2. The van der Waals surface area contributed by atoms with Crippen LogP contribution in [0.25, 0.3) is 0 Å². The standard InChI is InChI=1S/C20H36O8S/c1-14(11-28-29(5,22)23)16-6-7-20(9-16)15(2)19(27-13-25-4)18(26-12-24-3)8-17(20)10-21/h8,14-16,18-19,21H,6-7,9-13H2,1-5H3/t14?,15-,16-,18-,19-,20+/m1/s1. The first-order valence-electron chi connectivity index (χ1n) is 10.1. The van der Waals surface area contributed by atoms with Gasteiger partial charge in [0.05, 0.1) is 25.6 Å². The van der Waals surface area contributed by atoms with E-state index in [0.717, 1.165) is 31.1 Å². The highest BCUT2D eigenvalue weighted by Gasteiger charge is 2.53. The zero-order chi connectivity index (χ0) is 21.7. The second-order valence-corrected chi connectivity index (χ2v) is 9.98. The summed E-state index contributed by atoms with van der Waals surface area (Å²) in [5.41, 5.74) is 0.742. The normalized spacial score (nSPS) is 33.8. The fourth-order valence-electron chi connectivity index (χ4n) is 4.91. The molecule has 0 radical (unpaired) electrons. The van der Waals surface area contributed by atoms with Crippen molar-refractivity contribution >= 4 is 10.1 Å². The first kappa shape index (κ1) is 24.7. The molecule has 2 aliphatic rings. The molecule has 9 heteroatoms. The quantitative estimate of drug-likeness (QED) is 0.298. The van der Waals surface area contributed by atoms with Gasteiger partial charge in [-0.1, -0.05) is 19.9 Å². The van der Waals surface area contributed by atoms with Gasteiger partial charge in [-0.15, -0.1) is 0 Å². The van der Waals surface area contributed by atoms with Crippen molar-refractivity contribution in [3.05, 3.63) is 11.6 Å². The van der Waals surface area contributed by atoms with E-state index in [1.54, 1.807) is 14.2 Å². The van der Waals surface area contributed by atoms with E-state index in [0.29, 0.717) is 5.92 Å². The predicted octanol–water partition coefficient (Wildman–Crippen LogP) is 1.93. The Bertz CT molecular complexity index is 649. The van der Waals surface area contributed by atoms with Crippen molar-refractivity contribution in [1.82, 2.24) is 0 Å². The Morgan fingerprint density at radius 3 is 2.48 bits per heavy atom. The second-order valence-electron chi connectivity index (χ2n) is 8.34. The van der Waals surface area contributed by atoms with Gasteiger partial charge in [0.1, 0.15) is 19.7 Å². The van der Waals surface area contributed by atoms with E-state index >= 15 is 0 Å². The van der Waals surface area contributed by atoms with Gasteiger partial charge < -0.3 is 24.1 Å². The van der Waals surface area contributed by atoms with E-state index < -0.39 is 10.1 Å². The lowest BCUT2D eigenvalue weighted by Crippen LogP contribution is -2.49. The Balaban J connectivity index is 2.22. The molecule has 1 spiro atoms. The summed E-state index contributed by atoms with van der Waals surface area (Å²) in [5.74, 6) is 0.477. The highest BCUT2D eigenvalue weighted by molar-refractivity contribution is 7.85. The molecule has 0 aromatic heterocycles. The molecule has 29 heavy (non-hydrogen) atoms. The van der Waals surface area contributed by atoms with Gasteiger partial charge >= 0.3 is 0 Å². The van der Waals surface area contributed by atoms with Crippen molar-refractivity contribution in [3.63, 3.8) is 0 Å². The van der Waals surface area contributed by atoms with Crippen LogP contribution in [0.1, 0.15) is 33.1 Å². The number of aliphatic hydroxyl groups excluding tert-OH is 1. The van der Waals surface area contributed by atoms with Crippen LogP contribution in [0.5, 0.6) is 0 Å². The number of hydrogen-bond donors (Lipinski definition) is 1. The molecular formula is C20H36O8S.